The lowest BCUT2D eigenvalue weighted by Crippen LogP contribution is -2.35. The van der Waals surface area contributed by atoms with Crippen LogP contribution in [0.4, 0.5) is 5.69 Å². The molecule has 1 atom stereocenters. The number of carboxylic acid groups (broad SMARTS) is 1. The molecule has 2 aromatic carbocycles. The number of benzene rings is 2. The molecule has 1 unspecified atom stereocenters. The van der Waals surface area contributed by atoms with E-state index in [1.54, 1.807) is 42.6 Å². The Kier molecular flexibility index (Phi) is 11.4. The fraction of sp³-hybridized carbons (Fsp3) is 0.366. The zero-order chi connectivity index (χ0) is 34.9. The predicted molar refractivity (Wildman–Crippen MR) is 194 cm³/mol. The number of rotatable bonds is 12. The lowest BCUT2D eigenvalue weighted by Gasteiger charge is -2.35. The van der Waals surface area contributed by atoms with Crippen LogP contribution in [0.15, 0.2) is 91.4 Å². The summed E-state index contributed by atoms with van der Waals surface area (Å²) in [6, 6.07) is 19.3. The number of pyridine rings is 1. The van der Waals surface area contributed by atoms with Crippen LogP contribution in [0.3, 0.4) is 0 Å². The normalized spacial score (nSPS) is 18.9. The molecule has 9 heteroatoms. The van der Waals surface area contributed by atoms with Crippen molar-refractivity contribution in [2.24, 2.45) is 17.8 Å². The summed E-state index contributed by atoms with van der Waals surface area (Å²) in [4.78, 5) is 52.2. The maximum atomic E-state index is 13.4. The van der Waals surface area contributed by atoms with E-state index >= 15 is 0 Å². The molecular weight excluding hydrogens is 626 g/mol. The lowest BCUT2D eigenvalue weighted by atomic mass is 9.71. The summed E-state index contributed by atoms with van der Waals surface area (Å²) in [7, 11) is 0. The molecule has 0 saturated heterocycles. The second kappa shape index (κ2) is 16.5. The maximum Gasteiger partial charge on any atom is 0.323 e. The Hall–Kier alpha value is -5.18. The van der Waals surface area contributed by atoms with Crippen LogP contribution in [0.2, 0.25) is 0 Å². The minimum Gasteiger partial charge on any atom is -0.480 e. The van der Waals surface area contributed by atoms with Crippen molar-refractivity contribution in [3.05, 3.63) is 114 Å². The molecule has 2 aliphatic carbocycles. The molecule has 2 heterocycles. The van der Waals surface area contributed by atoms with Gasteiger partial charge in [0.25, 0.3) is 5.91 Å². The van der Waals surface area contributed by atoms with Gasteiger partial charge in [0.2, 0.25) is 5.91 Å². The Labute approximate surface area is 293 Å². The number of carboxylic acids is 1. The number of anilines is 1. The molecule has 50 heavy (non-hydrogen) atoms. The van der Waals surface area contributed by atoms with Gasteiger partial charge in [0, 0.05) is 53.2 Å². The van der Waals surface area contributed by atoms with Crippen LogP contribution in [-0.2, 0) is 22.6 Å². The summed E-state index contributed by atoms with van der Waals surface area (Å²) in [6.45, 7) is 1.99. The fourth-order valence-corrected chi connectivity index (χ4v) is 7.35. The van der Waals surface area contributed by atoms with E-state index in [-0.39, 0.29) is 18.9 Å². The van der Waals surface area contributed by atoms with Crippen LogP contribution < -0.4 is 5.32 Å². The Balaban J connectivity index is 1.04. The van der Waals surface area contributed by atoms with Crippen LogP contribution in [0, 0.1) is 17.8 Å². The highest BCUT2D eigenvalue weighted by Gasteiger charge is 2.28. The minimum atomic E-state index is -1.11. The van der Waals surface area contributed by atoms with Crippen LogP contribution in [0.5, 0.6) is 0 Å². The SMILES string of the molecule is CCC1CCC(C2CC=C(c3cnc(-c4ccc(CN(CC(=O)O)C(=O)c5ccc(NC(=O)Cc6ccccn6)cc5)cc4)nc3)CC2)CC1. The first kappa shape index (κ1) is 34.7. The fourth-order valence-electron chi connectivity index (χ4n) is 7.35. The Morgan fingerprint density at radius 2 is 1.58 bits per heavy atom. The number of nitrogens with zero attached hydrogens (tertiary/aromatic N) is 4. The highest BCUT2D eigenvalue weighted by Crippen LogP contribution is 2.41. The van der Waals surface area contributed by atoms with Crippen LogP contribution >= 0.6 is 0 Å². The van der Waals surface area contributed by atoms with E-state index in [4.69, 9.17) is 0 Å². The average molecular weight is 672 g/mol. The lowest BCUT2D eigenvalue weighted by molar-refractivity contribution is -0.137. The van der Waals surface area contributed by atoms with Crippen molar-refractivity contribution in [1.82, 2.24) is 19.9 Å². The molecule has 2 aliphatic rings. The van der Waals surface area contributed by atoms with Gasteiger partial charge in [-0.25, -0.2) is 9.97 Å². The molecule has 258 valence electrons. The molecule has 1 saturated carbocycles. The first-order valence-electron chi connectivity index (χ1n) is 17.8. The summed E-state index contributed by atoms with van der Waals surface area (Å²) in [6.07, 6.45) is 18.4. The van der Waals surface area contributed by atoms with E-state index in [2.05, 4.69) is 33.3 Å². The molecule has 9 nitrogen and oxygen atoms in total. The highest BCUT2D eigenvalue weighted by atomic mass is 16.4. The van der Waals surface area contributed by atoms with Crippen LogP contribution in [0.25, 0.3) is 17.0 Å². The predicted octanol–water partition coefficient (Wildman–Crippen LogP) is 7.85. The van der Waals surface area contributed by atoms with Crippen molar-refractivity contribution in [3.8, 4) is 11.4 Å². The topological polar surface area (TPSA) is 125 Å². The molecule has 2 N–H and O–H groups in total. The van der Waals surface area contributed by atoms with E-state index < -0.39 is 18.4 Å². The largest absolute Gasteiger partial charge is 0.480 e. The van der Waals surface area contributed by atoms with Gasteiger partial charge in [0.1, 0.15) is 6.54 Å². The Morgan fingerprint density at radius 3 is 2.20 bits per heavy atom. The quantitative estimate of drug-likeness (QED) is 0.157. The zero-order valence-corrected chi connectivity index (χ0v) is 28.6. The summed E-state index contributed by atoms with van der Waals surface area (Å²) >= 11 is 0. The number of hydrogen-bond donors (Lipinski definition) is 2. The number of aliphatic carboxylic acids is 1. The molecule has 0 radical (unpaired) electrons. The maximum absolute atomic E-state index is 13.4. The number of aromatic nitrogens is 3. The van der Waals surface area contributed by atoms with Crippen LogP contribution in [0.1, 0.15) is 85.5 Å². The number of nitrogens with one attached hydrogen (secondary N) is 1. The molecule has 2 aromatic heterocycles. The van der Waals surface area contributed by atoms with Gasteiger partial charge >= 0.3 is 5.97 Å². The molecule has 1 fully saturated rings. The van der Waals surface area contributed by atoms with E-state index in [1.807, 2.05) is 42.7 Å². The molecule has 2 amide bonds. The third-order valence-corrected chi connectivity index (χ3v) is 10.3. The van der Waals surface area contributed by atoms with Gasteiger partial charge in [-0.15, -0.1) is 0 Å². The first-order chi connectivity index (χ1) is 24.3. The van der Waals surface area contributed by atoms with E-state index in [9.17, 15) is 19.5 Å². The third-order valence-electron chi connectivity index (χ3n) is 10.3. The minimum absolute atomic E-state index is 0.114. The Morgan fingerprint density at radius 1 is 0.840 bits per heavy atom. The number of hydrogen-bond acceptors (Lipinski definition) is 6. The van der Waals surface area contributed by atoms with E-state index in [1.165, 1.54) is 49.0 Å². The molecule has 0 spiro atoms. The second-order valence-electron chi connectivity index (χ2n) is 13.6. The summed E-state index contributed by atoms with van der Waals surface area (Å²) < 4.78 is 0. The zero-order valence-electron chi connectivity index (χ0n) is 28.6. The first-order valence-corrected chi connectivity index (χ1v) is 17.8. The van der Waals surface area contributed by atoms with Gasteiger partial charge < -0.3 is 15.3 Å². The number of carbonyl (C=O) groups excluding carboxylic acids is 2. The molecule has 0 bridgehead atoms. The number of amides is 2. The molecular formula is C41H45N5O4. The van der Waals surface area contributed by atoms with E-state index in [0.29, 0.717) is 22.8 Å². The standard InChI is InChI=1S/C41H45N5O4/c1-2-28-6-10-30(11-7-28)31-14-16-32(17-15-31)35-24-43-40(44-25-35)33-12-8-29(9-13-33)26-46(27-39(48)49)41(50)34-18-20-36(21-19-34)45-38(47)23-37-5-3-4-22-42-37/h3-5,8-9,12-13,16,18-22,24-25,28,30-31H,2,6-7,10-11,14-15,17,23,26-27H2,1H3,(H,45,47)(H,48,49). The molecule has 0 aliphatic heterocycles. The van der Waals surface area contributed by atoms with Crippen LogP contribution in [-0.4, -0.2) is 49.3 Å². The van der Waals surface area contributed by atoms with Gasteiger partial charge in [-0.3, -0.25) is 19.4 Å². The van der Waals surface area contributed by atoms with Gasteiger partial charge in [-0.05, 0) is 97.4 Å². The molecule has 6 rings (SSSR count). The monoisotopic (exact) mass is 671 g/mol. The van der Waals surface area contributed by atoms with Gasteiger partial charge in [0.05, 0.1) is 6.42 Å². The van der Waals surface area contributed by atoms with Gasteiger partial charge in [-0.1, -0.05) is 62.6 Å². The number of allylic oxidation sites excluding steroid dienone is 2. The summed E-state index contributed by atoms with van der Waals surface area (Å²) in [5.74, 6) is 1.48. The van der Waals surface area contributed by atoms with Crippen molar-refractivity contribution in [2.75, 3.05) is 11.9 Å². The average Bonchev–Trinajstić information content (AvgIpc) is 3.15. The van der Waals surface area contributed by atoms with Crippen molar-refractivity contribution >= 4 is 29.0 Å². The third kappa shape index (κ3) is 9.08. The van der Waals surface area contributed by atoms with Crippen molar-refractivity contribution in [1.29, 1.82) is 0 Å². The smallest absolute Gasteiger partial charge is 0.323 e. The van der Waals surface area contributed by atoms with Gasteiger partial charge in [0.15, 0.2) is 5.82 Å². The van der Waals surface area contributed by atoms with E-state index in [0.717, 1.165) is 47.3 Å². The highest BCUT2D eigenvalue weighted by molar-refractivity contribution is 5.97. The Bertz CT molecular complexity index is 1780. The molecule has 4 aromatic rings. The summed E-state index contributed by atoms with van der Waals surface area (Å²) in [5, 5.41) is 12.4. The van der Waals surface area contributed by atoms with Crippen molar-refractivity contribution in [3.63, 3.8) is 0 Å². The van der Waals surface area contributed by atoms with Gasteiger partial charge in [-0.2, -0.15) is 0 Å². The summed E-state index contributed by atoms with van der Waals surface area (Å²) in [5.41, 5.74) is 5.55. The second-order valence-corrected chi connectivity index (χ2v) is 13.6. The van der Waals surface area contributed by atoms with Crippen molar-refractivity contribution in [2.45, 2.75) is 71.3 Å². The van der Waals surface area contributed by atoms with Crippen molar-refractivity contribution < 1.29 is 19.5 Å². The number of carbonyl (C=O) groups is 3.